The molecular weight excluding hydrogens is 248 g/mol. The van der Waals surface area contributed by atoms with Crippen LogP contribution in [0.5, 0.6) is 0 Å². The van der Waals surface area contributed by atoms with Crippen molar-refractivity contribution in [3.63, 3.8) is 0 Å². The van der Waals surface area contributed by atoms with Gasteiger partial charge >= 0.3 is 5.97 Å². The van der Waals surface area contributed by atoms with Crippen molar-refractivity contribution in [2.45, 2.75) is 18.9 Å². The highest BCUT2D eigenvalue weighted by Gasteiger charge is 2.34. The first-order valence-corrected chi connectivity index (χ1v) is 6.23. The average molecular weight is 266 g/mol. The first-order chi connectivity index (χ1) is 9.19. The number of nitrogens with zero attached hydrogens (tertiary/aromatic N) is 2. The molecule has 0 radical (unpaired) electrons. The van der Waals surface area contributed by atoms with E-state index in [1.807, 2.05) is 6.07 Å². The lowest BCUT2D eigenvalue weighted by Crippen LogP contribution is -2.39. The van der Waals surface area contributed by atoms with Crippen LogP contribution in [0.15, 0.2) is 12.4 Å². The minimum Gasteiger partial charge on any atom is -0.481 e. The van der Waals surface area contributed by atoms with Crippen molar-refractivity contribution >= 4 is 17.6 Å². The van der Waals surface area contributed by atoms with E-state index in [0.717, 1.165) is 5.82 Å². The quantitative estimate of drug-likeness (QED) is 0.628. The molecular formula is C12H18N4O3. The minimum atomic E-state index is -0.720. The van der Waals surface area contributed by atoms with Gasteiger partial charge in [-0.25, -0.2) is 9.97 Å². The molecule has 0 unspecified atom stereocenters. The summed E-state index contributed by atoms with van der Waals surface area (Å²) in [5.74, 6) is 0.494. The first-order valence-electron chi connectivity index (χ1n) is 6.23. The van der Waals surface area contributed by atoms with Crippen LogP contribution in [0.25, 0.3) is 0 Å². The molecule has 3 N–H and O–H groups in total. The van der Waals surface area contributed by atoms with Gasteiger partial charge in [-0.3, -0.25) is 4.79 Å². The Morgan fingerprint density at radius 1 is 1.47 bits per heavy atom. The van der Waals surface area contributed by atoms with Crippen molar-refractivity contribution < 1.29 is 14.6 Å². The highest BCUT2D eigenvalue weighted by atomic mass is 16.5. The summed E-state index contributed by atoms with van der Waals surface area (Å²) in [6.07, 6.45) is 2.77. The van der Waals surface area contributed by atoms with Crippen LogP contribution in [0.2, 0.25) is 0 Å². The second-order valence-electron chi connectivity index (χ2n) is 4.56. The number of rotatable bonds is 7. The number of anilines is 2. The summed E-state index contributed by atoms with van der Waals surface area (Å²) in [6, 6.07) is 1.99. The van der Waals surface area contributed by atoms with Gasteiger partial charge in [0.15, 0.2) is 0 Å². The van der Waals surface area contributed by atoms with Gasteiger partial charge in [0.05, 0.1) is 12.5 Å². The van der Waals surface area contributed by atoms with Gasteiger partial charge in [-0.2, -0.15) is 0 Å². The fourth-order valence-electron chi connectivity index (χ4n) is 1.96. The number of nitrogens with one attached hydrogen (secondary N) is 2. The lowest BCUT2D eigenvalue weighted by Gasteiger charge is -2.33. The van der Waals surface area contributed by atoms with Crippen LogP contribution in [-0.2, 0) is 9.53 Å². The fourth-order valence-corrected chi connectivity index (χ4v) is 1.96. The summed E-state index contributed by atoms with van der Waals surface area (Å²) in [5, 5.41) is 15.1. The maximum absolute atomic E-state index is 10.7. The maximum Gasteiger partial charge on any atom is 0.306 e. The van der Waals surface area contributed by atoms with E-state index in [4.69, 9.17) is 9.84 Å². The van der Waals surface area contributed by atoms with Crippen molar-refractivity contribution in [1.82, 2.24) is 9.97 Å². The fraction of sp³-hybridized carbons (Fsp3) is 0.583. The number of methoxy groups -OCH3 is 1. The molecule has 0 atom stereocenters. The Morgan fingerprint density at radius 2 is 2.21 bits per heavy atom. The molecule has 1 aliphatic rings. The molecule has 0 amide bonds. The predicted octanol–water partition coefficient (Wildman–Crippen LogP) is 0.810. The molecule has 1 aromatic rings. The molecule has 0 saturated heterocycles. The summed E-state index contributed by atoms with van der Waals surface area (Å²) in [6.45, 7) is 1.28. The highest BCUT2D eigenvalue weighted by molar-refractivity contribution is 5.71. The zero-order valence-electron chi connectivity index (χ0n) is 10.8. The predicted molar refractivity (Wildman–Crippen MR) is 70.2 cm³/mol. The Balaban J connectivity index is 1.81. The van der Waals surface area contributed by atoms with E-state index in [1.165, 1.54) is 6.33 Å². The van der Waals surface area contributed by atoms with E-state index >= 15 is 0 Å². The summed E-state index contributed by atoms with van der Waals surface area (Å²) >= 11 is 0. The Bertz CT molecular complexity index is 435. The Kier molecular flexibility index (Phi) is 4.51. The summed E-state index contributed by atoms with van der Waals surface area (Å²) in [7, 11) is 1.64. The van der Waals surface area contributed by atoms with Gasteiger partial charge in [0.1, 0.15) is 18.0 Å². The molecule has 7 heteroatoms. The van der Waals surface area contributed by atoms with Gasteiger partial charge in [0.25, 0.3) is 0 Å². The highest BCUT2D eigenvalue weighted by Crippen LogP contribution is 2.30. The monoisotopic (exact) mass is 266 g/mol. The number of aliphatic carboxylic acids is 1. The summed E-state index contributed by atoms with van der Waals surface area (Å²) in [5.41, 5.74) is 0. The molecule has 2 rings (SSSR count). The van der Waals surface area contributed by atoms with E-state index in [-0.39, 0.29) is 12.0 Å². The van der Waals surface area contributed by atoms with E-state index in [0.29, 0.717) is 31.8 Å². The SMILES string of the molecule is COCCNc1cc(NC2CC(C(=O)O)C2)ncn1. The van der Waals surface area contributed by atoms with Gasteiger partial charge in [-0.1, -0.05) is 0 Å². The third-order valence-corrected chi connectivity index (χ3v) is 3.12. The Hall–Kier alpha value is -1.89. The van der Waals surface area contributed by atoms with Crippen LogP contribution in [0.4, 0.5) is 11.6 Å². The number of ether oxygens (including phenoxy) is 1. The summed E-state index contributed by atoms with van der Waals surface area (Å²) in [4.78, 5) is 18.9. The van der Waals surface area contributed by atoms with Gasteiger partial charge in [-0.15, -0.1) is 0 Å². The van der Waals surface area contributed by atoms with Gasteiger partial charge < -0.3 is 20.5 Å². The zero-order chi connectivity index (χ0) is 13.7. The second kappa shape index (κ2) is 6.33. The van der Waals surface area contributed by atoms with E-state index in [1.54, 1.807) is 7.11 Å². The molecule has 19 heavy (non-hydrogen) atoms. The number of carboxylic acids is 1. The smallest absolute Gasteiger partial charge is 0.306 e. The number of carboxylic acid groups (broad SMARTS) is 1. The van der Waals surface area contributed by atoms with E-state index in [9.17, 15) is 4.79 Å². The van der Waals surface area contributed by atoms with Crippen LogP contribution in [0.1, 0.15) is 12.8 Å². The first kappa shape index (κ1) is 13.5. The Morgan fingerprint density at radius 3 is 2.89 bits per heavy atom. The molecule has 1 fully saturated rings. The minimum absolute atomic E-state index is 0.183. The average Bonchev–Trinajstić information content (AvgIpc) is 2.34. The molecule has 0 bridgehead atoms. The Labute approximate surface area is 111 Å². The number of carbonyl (C=O) groups is 1. The molecule has 1 heterocycles. The molecule has 0 spiro atoms. The van der Waals surface area contributed by atoms with Crippen LogP contribution >= 0.6 is 0 Å². The normalized spacial score (nSPS) is 21.5. The van der Waals surface area contributed by atoms with Crippen molar-refractivity contribution in [3.05, 3.63) is 12.4 Å². The van der Waals surface area contributed by atoms with Crippen molar-refractivity contribution in [3.8, 4) is 0 Å². The van der Waals surface area contributed by atoms with Crippen LogP contribution in [-0.4, -0.2) is 47.3 Å². The van der Waals surface area contributed by atoms with Crippen molar-refractivity contribution in [2.75, 3.05) is 30.9 Å². The molecule has 0 aromatic carbocycles. The van der Waals surface area contributed by atoms with Crippen LogP contribution in [0, 0.1) is 5.92 Å². The summed E-state index contributed by atoms with van der Waals surface area (Å²) < 4.78 is 4.94. The lowest BCUT2D eigenvalue weighted by molar-refractivity contribution is -0.144. The third-order valence-electron chi connectivity index (χ3n) is 3.12. The van der Waals surface area contributed by atoms with Gasteiger partial charge in [0, 0.05) is 25.8 Å². The van der Waals surface area contributed by atoms with Gasteiger partial charge in [0.2, 0.25) is 0 Å². The number of hydrogen-bond donors (Lipinski definition) is 3. The molecule has 1 saturated carbocycles. The van der Waals surface area contributed by atoms with Crippen molar-refractivity contribution in [1.29, 1.82) is 0 Å². The lowest BCUT2D eigenvalue weighted by atomic mass is 9.80. The topological polar surface area (TPSA) is 96.4 Å². The zero-order valence-corrected chi connectivity index (χ0v) is 10.8. The van der Waals surface area contributed by atoms with Gasteiger partial charge in [-0.05, 0) is 12.8 Å². The molecule has 0 aliphatic heterocycles. The third kappa shape index (κ3) is 3.78. The molecule has 1 aromatic heterocycles. The van der Waals surface area contributed by atoms with E-state index in [2.05, 4.69) is 20.6 Å². The molecule has 104 valence electrons. The van der Waals surface area contributed by atoms with E-state index < -0.39 is 5.97 Å². The molecule has 7 nitrogen and oxygen atoms in total. The standard InChI is InChI=1S/C12H18N4O3/c1-19-3-2-13-10-6-11(15-7-14-10)16-9-4-8(5-9)12(17)18/h6-9H,2-5H2,1H3,(H,17,18)(H2,13,14,15,16). The number of hydrogen-bond acceptors (Lipinski definition) is 6. The number of aromatic nitrogens is 2. The van der Waals surface area contributed by atoms with Crippen LogP contribution in [0.3, 0.4) is 0 Å². The van der Waals surface area contributed by atoms with Crippen LogP contribution < -0.4 is 10.6 Å². The second-order valence-corrected chi connectivity index (χ2v) is 4.56. The van der Waals surface area contributed by atoms with Crippen molar-refractivity contribution in [2.24, 2.45) is 5.92 Å². The largest absolute Gasteiger partial charge is 0.481 e. The molecule has 1 aliphatic carbocycles. The maximum atomic E-state index is 10.7.